The second-order valence-corrected chi connectivity index (χ2v) is 5.05. The summed E-state index contributed by atoms with van der Waals surface area (Å²) in [5.74, 6) is 0.0881. The summed E-state index contributed by atoms with van der Waals surface area (Å²) in [7, 11) is 0. The van der Waals surface area contributed by atoms with E-state index in [1.54, 1.807) is 35.6 Å². The summed E-state index contributed by atoms with van der Waals surface area (Å²) in [6.07, 6.45) is -4.55. The highest BCUT2D eigenvalue weighted by Gasteiger charge is 2.32. The highest BCUT2D eigenvalue weighted by atomic mass is 127. The van der Waals surface area contributed by atoms with Crippen molar-refractivity contribution in [3.63, 3.8) is 0 Å². The van der Waals surface area contributed by atoms with Crippen LogP contribution in [-0.2, 0) is 6.18 Å². The third kappa shape index (κ3) is 3.08. The van der Waals surface area contributed by atoms with Crippen LogP contribution in [0.2, 0.25) is 0 Å². The van der Waals surface area contributed by atoms with Crippen LogP contribution in [0.25, 0.3) is 0 Å². The van der Waals surface area contributed by atoms with Gasteiger partial charge < -0.3 is 4.74 Å². The molecule has 1 aromatic heterocycles. The lowest BCUT2D eigenvalue weighted by molar-refractivity contribution is -0.137. The minimum atomic E-state index is -4.55. The number of alkyl halides is 3. The summed E-state index contributed by atoms with van der Waals surface area (Å²) in [5, 5.41) is 8.99. The van der Waals surface area contributed by atoms with Gasteiger partial charge in [-0.3, -0.25) is 5.10 Å². The van der Waals surface area contributed by atoms with Crippen molar-refractivity contribution in [2.24, 2.45) is 5.18 Å². The van der Waals surface area contributed by atoms with Crippen molar-refractivity contribution in [2.75, 3.05) is 0 Å². The lowest BCUT2D eigenvalue weighted by atomic mass is 10.2. The van der Waals surface area contributed by atoms with E-state index in [0.29, 0.717) is 11.8 Å². The Morgan fingerprint density at radius 1 is 1.35 bits per heavy atom. The van der Waals surface area contributed by atoms with E-state index in [1.165, 1.54) is 0 Å². The number of hydrogen-bond acceptors (Lipinski definition) is 4. The summed E-state index contributed by atoms with van der Waals surface area (Å²) in [6, 6.07) is 3.07. The molecule has 0 spiro atoms. The quantitative estimate of drug-likeness (QED) is 0.611. The summed E-state index contributed by atoms with van der Waals surface area (Å²) < 4.78 is 43.3. The number of benzene rings is 1. The van der Waals surface area contributed by atoms with Crippen LogP contribution in [-0.4, -0.2) is 10.2 Å². The average Bonchev–Trinajstić information content (AvgIpc) is 2.76. The van der Waals surface area contributed by atoms with Crippen molar-refractivity contribution in [1.29, 1.82) is 0 Å². The van der Waals surface area contributed by atoms with Gasteiger partial charge in [0.25, 0.3) is 0 Å². The smallest absolute Gasteiger partial charge is 0.416 e. The van der Waals surface area contributed by atoms with Crippen LogP contribution < -0.4 is 4.74 Å². The van der Waals surface area contributed by atoms with Gasteiger partial charge >= 0.3 is 6.18 Å². The molecule has 0 saturated carbocycles. The van der Waals surface area contributed by atoms with Crippen LogP contribution in [0, 0.1) is 15.4 Å². The van der Waals surface area contributed by atoms with Crippen molar-refractivity contribution in [1.82, 2.24) is 10.2 Å². The third-order valence-corrected chi connectivity index (χ3v) is 3.14. The fourth-order valence-electron chi connectivity index (χ4n) is 1.46. The number of nitrogens with zero attached hydrogens (tertiary/aromatic N) is 2. The monoisotopic (exact) mass is 397 g/mol. The summed E-state index contributed by atoms with van der Waals surface area (Å²) in [6.45, 7) is 1.73. The van der Waals surface area contributed by atoms with E-state index >= 15 is 0 Å². The van der Waals surface area contributed by atoms with E-state index in [4.69, 9.17) is 4.74 Å². The molecule has 0 bridgehead atoms. The Balaban J connectivity index is 2.45. The minimum absolute atomic E-state index is 0.0555. The van der Waals surface area contributed by atoms with Gasteiger partial charge in [0.15, 0.2) is 11.4 Å². The van der Waals surface area contributed by atoms with Gasteiger partial charge in [0.2, 0.25) is 5.88 Å². The maximum absolute atomic E-state index is 12.6. The van der Waals surface area contributed by atoms with E-state index in [-0.39, 0.29) is 15.2 Å². The molecule has 0 aliphatic carbocycles. The molecular formula is C11H7F3IN3O2. The molecule has 0 aliphatic rings. The van der Waals surface area contributed by atoms with Gasteiger partial charge in [-0.2, -0.15) is 13.2 Å². The predicted octanol–water partition coefficient (Wildman–Crippen LogP) is 4.53. The third-order valence-electron chi connectivity index (χ3n) is 2.34. The maximum atomic E-state index is 12.6. The van der Waals surface area contributed by atoms with Crippen LogP contribution in [0.5, 0.6) is 11.6 Å². The molecule has 0 unspecified atom stereocenters. The van der Waals surface area contributed by atoms with Gasteiger partial charge in [0.05, 0.1) is 9.13 Å². The van der Waals surface area contributed by atoms with Crippen LogP contribution in [0.3, 0.4) is 0 Å². The molecule has 1 aromatic carbocycles. The Hall–Kier alpha value is -1.65. The van der Waals surface area contributed by atoms with Crippen LogP contribution in [0.1, 0.15) is 11.3 Å². The van der Waals surface area contributed by atoms with Crippen molar-refractivity contribution in [2.45, 2.75) is 13.1 Å². The fourth-order valence-corrected chi connectivity index (χ4v) is 2.18. The normalized spacial score (nSPS) is 11.4. The first-order chi connectivity index (χ1) is 9.31. The number of aromatic amines is 1. The van der Waals surface area contributed by atoms with Crippen molar-refractivity contribution < 1.29 is 17.9 Å². The maximum Gasteiger partial charge on any atom is 0.416 e. The topological polar surface area (TPSA) is 67.3 Å². The number of aryl methyl sites for hydroxylation is 1. The molecule has 5 nitrogen and oxygen atoms in total. The minimum Gasteiger partial charge on any atom is -0.434 e. The van der Waals surface area contributed by atoms with E-state index in [0.717, 1.165) is 6.07 Å². The van der Waals surface area contributed by atoms with Crippen LogP contribution >= 0.6 is 22.6 Å². The van der Waals surface area contributed by atoms with Crippen molar-refractivity contribution in [3.05, 3.63) is 37.9 Å². The molecule has 0 radical (unpaired) electrons. The van der Waals surface area contributed by atoms with E-state index in [9.17, 15) is 18.1 Å². The van der Waals surface area contributed by atoms with Gasteiger partial charge in [0.1, 0.15) is 0 Å². The lowest BCUT2D eigenvalue weighted by Gasteiger charge is -2.11. The van der Waals surface area contributed by atoms with Crippen LogP contribution in [0.15, 0.2) is 23.4 Å². The number of nitrogens with one attached hydrogen (secondary N) is 1. The molecule has 1 N–H and O–H groups in total. The molecule has 106 valence electrons. The molecule has 1 heterocycles. The number of rotatable bonds is 3. The van der Waals surface area contributed by atoms with Crippen molar-refractivity contribution in [3.8, 4) is 11.6 Å². The zero-order valence-corrected chi connectivity index (χ0v) is 12.1. The molecule has 9 heteroatoms. The second kappa shape index (κ2) is 5.38. The number of halogens is 4. The first kappa shape index (κ1) is 14.8. The molecule has 0 fully saturated rings. The zero-order chi connectivity index (χ0) is 14.9. The lowest BCUT2D eigenvalue weighted by Crippen LogP contribution is -2.05. The van der Waals surface area contributed by atoms with Crippen LogP contribution in [0.4, 0.5) is 18.9 Å². The van der Waals surface area contributed by atoms with Gasteiger partial charge in [-0.15, -0.1) is 10.0 Å². The average molecular weight is 397 g/mol. The molecule has 2 aromatic rings. The highest BCUT2D eigenvalue weighted by Crippen LogP contribution is 2.41. The summed E-state index contributed by atoms with van der Waals surface area (Å²) >= 11 is 1.65. The molecule has 0 saturated heterocycles. The Morgan fingerprint density at radius 3 is 2.55 bits per heavy atom. The predicted molar refractivity (Wildman–Crippen MR) is 73.0 cm³/mol. The molecule has 2 rings (SSSR count). The van der Waals surface area contributed by atoms with E-state index in [1.807, 2.05) is 0 Å². The summed E-state index contributed by atoms with van der Waals surface area (Å²) in [4.78, 5) is 10.7. The highest BCUT2D eigenvalue weighted by molar-refractivity contribution is 14.1. The van der Waals surface area contributed by atoms with Gasteiger partial charge in [-0.25, -0.2) is 0 Å². The Kier molecular flexibility index (Phi) is 3.97. The zero-order valence-electron chi connectivity index (χ0n) is 9.95. The Labute approximate surface area is 124 Å². The second-order valence-electron chi connectivity index (χ2n) is 3.89. The summed E-state index contributed by atoms with van der Waals surface area (Å²) in [5.41, 5.74) is -0.672. The first-order valence-corrected chi connectivity index (χ1v) is 6.33. The Morgan fingerprint density at radius 2 is 2.05 bits per heavy atom. The van der Waals surface area contributed by atoms with Gasteiger partial charge in [-0.1, -0.05) is 0 Å². The molecule has 20 heavy (non-hydrogen) atoms. The number of ether oxygens (including phenoxy) is 1. The SMILES string of the molecule is Cc1cc(Oc2c(I)cc(C(F)(F)F)cc2N=O)n[nH]1. The van der Waals surface area contributed by atoms with Gasteiger partial charge in [-0.05, 0) is 46.8 Å². The fraction of sp³-hybridized carbons (Fsp3) is 0.182. The first-order valence-electron chi connectivity index (χ1n) is 5.25. The van der Waals surface area contributed by atoms with E-state index < -0.39 is 17.4 Å². The number of hydrogen-bond donors (Lipinski definition) is 1. The molecule has 0 aliphatic heterocycles. The number of aromatic nitrogens is 2. The standard InChI is InChI=1S/C11H7F3IN3O2/c1-5-2-9(17-16-5)20-10-7(15)3-6(11(12,13)14)4-8(10)18-19/h2-4H,1H3,(H,16,17). The Bertz CT molecular complexity index is 655. The number of H-pyrrole nitrogens is 1. The van der Waals surface area contributed by atoms with Crippen molar-refractivity contribution >= 4 is 28.3 Å². The van der Waals surface area contributed by atoms with E-state index in [2.05, 4.69) is 15.4 Å². The molecule has 0 amide bonds. The van der Waals surface area contributed by atoms with Gasteiger partial charge in [0, 0.05) is 11.8 Å². The molecule has 0 atom stereocenters. The largest absolute Gasteiger partial charge is 0.434 e. The molecular weight excluding hydrogens is 390 g/mol. The number of nitroso groups, excluding NO2 is 1.